The minimum atomic E-state index is -0.660. The molecule has 2 aromatic rings. The van der Waals surface area contributed by atoms with Crippen LogP contribution in [0.25, 0.3) is 0 Å². The van der Waals surface area contributed by atoms with E-state index in [1.165, 1.54) is 24.0 Å². The molecule has 0 aliphatic heterocycles. The van der Waals surface area contributed by atoms with Crippen molar-refractivity contribution in [2.45, 2.75) is 52.6 Å². The van der Waals surface area contributed by atoms with Crippen molar-refractivity contribution in [1.82, 2.24) is 0 Å². The molecule has 28 heavy (non-hydrogen) atoms. The monoisotopic (exact) mass is 381 g/mol. The second-order valence-corrected chi connectivity index (χ2v) is 7.14. The van der Waals surface area contributed by atoms with Crippen LogP contribution in [0.3, 0.4) is 0 Å². The van der Waals surface area contributed by atoms with E-state index in [0.717, 1.165) is 18.4 Å². The number of benzene rings is 2. The van der Waals surface area contributed by atoms with Gasteiger partial charge < -0.3 is 14.8 Å². The zero-order valence-corrected chi connectivity index (χ0v) is 16.7. The molecule has 1 aliphatic carbocycles. The van der Waals surface area contributed by atoms with Gasteiger partial charge in [0, 0.05) is 5.69 Å². The van der Waals surface area contributed by atoms with Crippen LogP contribution in [-0.4, -0.2) is 24.6 Å². The third-order valence-corrected chi connectivity index (χ3v) is 5.01. The molecule has 2 aromatic carbocycles. The lowest BCUT2D eigenvalue weighted by molar-refractivity contribution is -0.122. The number of carbonyl (C=O) groups excluding carboxylic acids is 2. The maximum Gasteiger partial charge on any atom is 0.338 e. The molecule has 0 saturated carbocycles. The van der Waals surface area contributed by atoms with E-state index in [1.807, 2.05) is 19.1 Å². The number of carbonyl (C=O) groups is 2. The molecule has 5 nitrogen and oxygen atoms in total. The minimum absolute atomic E-state index is 0.262. The van der Waals surface area contributed by atoms with Gasteiger partial charge >= 0.3 is 5.97 Å². The molecule has 1 N–H and O–H groups in total. The van der Waals surface area contributed by atoms with E-state index in [2.05, 4.69) is 11.4 Å². The third kappa shape index (κ3) is 4.71. The quantitative estimate of drug-likeness (QED) is 0.751. The summed E-state index contributed by atoms with van der Waals surface area (Å²) in [5.41, 5.74) is 4.54. The van der Waals surface area contributed by atoms with Gasteiger partial charge in [0.1, 0.15) is 5.75 Å². The lowest BCUT2D eigenvalue weighted by Crippen LogP contribution is -2.30. The molecule has 1 amide bonds. The molecule has 0 spiro atoms. The maximum atomic E-state index is 12.6. The normalized spacial score (nSPS) is 14.0. The van der Waals surface area contributed by atoms with Crippen LogP contribution in [0.15, 0.2) is 36.4 Å². The lowest BCUT2D eigenvalue weighted by Gasteiger charge is -2.19. The van der Waals surface area contributed by atoms with E-state index in [9.17, 15) is 9.59 Å². The number of aryl methyl sites for hydroxylation is 3. The van der Waals surface area contributed by atoms with Gasteiger partial charge in [-0.05, 0) is 87.4 Å². The molecular formula is C23H27NO4. The molecule has 3 rings (SSSR count). The number of rotatable bonds is 6. The number of esters is 1. The van der Waals surface area contributed by atoms with Crippen molar-refractivity contribution in [3.05, 3.63) is 58.7 Å². The first kappa shape index (κ1) is 19.9. The molecule has 0 saturated heterocycles. The van der Waals surface area contributed by atoms with Crippen LogP contribution in [0, 0.1) is 6.92 Å². The molecule has 0 aromatic heterocycles. The van der Waals surface area contributed by atoms with E-state index >= 15 is 0 Å². The molecule has 1 aliphatic rings. The van der Waals surface area contributed by atoms with Crippen LogP contribution in [0.4, 0.5) is 5.69 Å². The van der Waals surface area contributed by atoms with Crippen molar-refractivity contribution in [2.24, 2.45) is 0 Å². The third-order valence-electron chi connectivity index (χ3n) is 5.01. The van der Waals surface area contributed by atoms with Crippen molar-refractivity contribution in [1.29, 1.82) is 0 Å². The number of ether oxygens (including phenoxy) is 2. The van der Waals surface area contributed by atoms with Gasteiger partial charge in [0.25, 0.3) is 5.91 Å². The van der Waals surface area contributed by atoms with Crippen LogP contribution in [0.1, 0.15) is 53.7 Å². The second-order valence-electron chi connectivity index (χ2n) is 7.14. The summed E-state index contributed by atoms with van der Waals surface area (Å²) in [6.45, 7) is 5.66. The molecule has 1 unspecified atom stereocenters. The topological polar surface area (TPSA) is 64.6 Å². The van der Waals surface area contributed by atoms with Gasteiger partial charge in [0.15, 0.2) is 6.10 Å². The van der Waals surface area contributed by atoms with Crippen LogP contribution >= 0.6 is 0 Å². The number of amides is 1. The summed E-state index contributed by atoms with van der Waals surface area (Å²) in [5, 5.41) is 2.86. The Kier molecular flexibility index (Phi) is 6.34. The SMILES string of the molecule is CCOC(=O)c1ccc(C)c(NC(=O)C(C)Oc2ccc3c(c2)CCCC3)c1. The fourth-order valence-corrected chi connectivity index (χ4v) is 3.37. The Bertz CT molecular complexity index is 875. The predicted octanol–water partition coefficient (Wildman–Crippen LogP) is 4.46. The first-order valence-corrected chi connectivity index (χ1v) is 9.85. The minimum Gasteiger partial charge on any atom is -0.481 e. The second kappa shape index (κ2) is 8.91. The highest BCUT2D eigenvalue weighted by molar-refractivity contribution is 5.97. The van der Waals surface area contributed by atoms with Gasteiger partial charge in [-0.25, -0.2) is 4.79 Å². The molecule has 0 radical (unpaired) electrons. The fraction of sp³-hybridized carbons (Fsp3) is 0.391. The number of nitrogens with one attached hydrogen (secondary N) is 1. The summed E-state index contributed by atoms with van der Waals surface area (Å²) in [5.74, 6) is 0.0403. The first-order chi connectivity index (χ1) is 13.5. The highest BCUT2D eigenvalue weighted by Crippen LogP contribution is 2.26. The number of fused-ring (bicyclic) bond motifs is 1. The van der Waals surface area contributed by atoms with Crippen LogP contribution < -0.4 is 10.1 Å². The zero-order valence-electron chi connectivity index (χ0n) is 16.7. The van der Waals surface area contributed by atoms with E-state index in [4.69, 9.17) is 9.47 Å². The van der Waals surface area contributed by atoms with Gasteiger partial charge in [-0.3, -0.25) is 4.79 Å². The predicted molar refractivity (Wildman–Crippen MR) is 109 cm³/mol. The Balaban J connectivity index is 1.67. The molecular weight excluding hydrogens is 354 g/mol. The lowest BCUT2D eigenvalue weighted by atomic mass is 9.92. The highest BCUT2D eigenvalue weighted by Gasteiger charge is 2.18. The standard InChI is InChI=1S/C23H27NO4/c1-4-27-23(26)19-10-9-15(2)21(14-19)24-22(25)16(3)28-20-12-11-17-7-5-6-8-18(17)13-20/h9-14,16H,4-8H2,1-3H3,(H,24,25). The zero-order chi connectivity index (χ0) is 20.1. The summed E-state index contributed by atoms with van der Waals surface area (Å²) >= 11 is 0. The Hall–Kier alpha value is -2.82. The van der Waals surface area contributed by atoms with Gasteiger partial charge in [-0.1, -0.05) is 12.1 Å². The Morgan fingerprint density at radius 1 is 1.07 bits per heavy atom. The molecule has 0 fully saturated rings. The number of hydrogen-bond donors (Lipinski definition) is 1. The van der Waals surface area contributed by atoms with E-state index in [-0.39, 0.29) is 5.91 Å². The van der Waals surface area contributed by atoms with E-state index in [1.54, 1.807) is 32.0 Å². The first-order valence-electron chi connectivity index (χ1n) is 9.85. The average molecular weight is 381 g/mol. The smallest absolute Gasteiger partial charge is 0.338 e. The van der Waals surface area contributed by atoms with Crippen LogP contribution in [0.5, 0.6) is 5.75 Å². The van der Waals surface area contributed by atoms with Crippen molar-refractivity contribution in [2.75, 3.05) is 11.9 Å². The van der Waals surface area contributed by atoms with Crippen molar-refractivity contribution in [3.8, 4) is 5.75 Å². The van der Waals surface area contributed by atoms with Crippen LogP contribution in [0.2, 0.25) is 0 Å². The van der Waals surface area contributed by atoms with Crippen molar-refractivity contribution >= 4 is 17.6 Å². The van der Waals surface area contributed by atoms with E-state index in [0.29, 0.717) is 23.6 Å². The molecule has 0 heterocycles. The molecule has 0 bridgehead atoms. The largest absolute Gasteiger partial charge is 0.481 e. The van der Waals surface area contributed by atoms with Gasteiger partial charge in [-0.2, -0.15) is 0 Å². The summed E-state index contributed by atoms with van der Waals surface area (Å²) in [6.07, 6.45) is 3.94. The van der Waals surface area contributed by atoms with Gasteiger partial charge in [0.2, 0.25) is 0 Å². The molecule has 1 atom stereocenters. The fourth-order valence-electron chi connectivity index (χ4n) is 3.37. The Labute approximate surface area is 166 Å². The average Bonchev–Trinajstić information content (AvgIpc) is 2.69. The summed E-state index contributed by atoms with van der Waals surface area (Å²) in [6, 6.07) is 11.2. The molecule has 148 valence electrons. The van der Waals surface area contributed by atoms with Crippen LogP contribution in [-0.2, 0) is 22.4 Å². The summed E-state index contributed by atoms with van der Waals surface area (Å²) in [7, 11) is 0. The van der Waals surface area contributed by atoms with Gasteiger partial charge in [-0.15, -0.1) is 0 Å². The van der Waals surface area contributed by atoms with Crippen molar-refractivity contribution in [3.63, 3.8) is 0 Å². The summed E-state index contributed by atoms with van der Waals surface area (Å²) in [4.78, 5) is 24.5. The number of anilines is 1. The van der Waals surface area contributed by atoms with E-state index < -0.39 is 12.1 Å². The Morgan fingerprint density at radius 2 is 1.82 bits per heavy atom. The maximum absolute atomic E-state index is 12.6. The summed E-state index contributed by atoms with van der Waals surface area (Å²) < 4.78 is 10.9. The van der Waals surface area contributed by atoms with Crippen molar-refractivity contribution < 1.29 is 19.1 Å². The van der Waals surface area contributed by atoms with Gasteiger partial charge in [0.05, 0.1) is 12.2 Å². The number of hydrogen-bond acceptors (Lipinski definition) is 4. The highest BCUT2D eigenvalue weighted by atomic mass is 16.5. The molecule has 5 heteroatoms. The Morgan fingerprint density at radius 3 is 2.57 bits per heavy atom.